The quantitative estimate of drug-likeness (QED) is 0.582. The maximum atomic E-state index is 12.1. The van der Waals surface area contributed by atoms with E-state index in [1.807, 2.05) is 18.2 Å². The summed E-state index contributed by atoms with van der Waals surface area (Å²) in [6.45, 7) is 0.249. The van der Waals surface area contributed by atoms with E-state index in [1.165, 1.54) is 0 Å². The van der Waals surface area contributed by atoms with Gasteiger partial charge in [0.15, 0.2) is 0 Å². The summed E-state index contributed by atoms with van der Waals surface area (Å²) in [6.07, 6.45) is -0.868. The summed E-state index contributed by atoms with van der Waals surface area (Å²) in [5.74, 6) is 1.12. The van der Waals surface area contributed by atoms with Crippen LogP contribution in [0.3, 0.4) is 0 Å². The Labute approximate surface area is 145 Å². The van der Waals surface area contributed by atoms with Gasteiger partial charge in [-0.2, -0.15) is 12.6 Å². The maximum Gasteiger partial charge on any atom is 0.351 e. The molecule has 2 aromatic carbocycles. The second kappa shape index (κ2) is 9.33. The fourth-order valence-corrected chi connectivity index (χ4v) is 1.97. The number of hydrogen-bond donors (Lipinski definition) is 1. The van der Waals surface area contributed by atoms with Gasteiger partial charge in [0.25, 0.3) is 0 Å². The minimum atomic E-state index is -0.868. The molecule has 1 atom stereocenters. The van der Waals surface area contributed by atoms with E-state index in [2.05, 4.69) is 12.6 Å². The average molecular weight is 353 g/mol. The van der Waals surface area contributed by atoms with Gasteiger partial charge < -0.3 is 14.2 Å². The topological polar surface area (TPSA) is 44.8 Å². The molecule has 2 aromatic rings. The molecule has 1 unspecified atom stereocenters. The Hall–Kier alpha value is -1.85. The monoisotopic (exact) mass is 352 g/mol. The first-order valence-electron chi connectivity index (χ1n) is 7.06. The number of ether oxygens (including phenoxy) is 3. The largest absolute Gasteiger partial charge is 0.489 e. The maximum absolute atomic E-state index is 12.1. The van der Waals surface area contributed by atoms with Crippen LogP contribution in [0.1, 0.15) is 0 Å². The van der Waals surface area contributed by atoms with E-state index >= 15 is 0 Å². The van der Waals surface area contributed by atoms with E-state index in [1.54, 1.807) is 36.4 Å². The zero-order valence-electron chi connectivity index (χ0n) is 12.4. The smallest absolute Gasteiger partial charge is 0.351 e. The second-order valence-electron chi connectivity index (χ2n) is 4.58. The molecule has 0 saturated heterocycles. The summed E-state index contributed by atoms with van der Waals surface area (Å²) in [5, 5.41) is 0.614. The van der Waals surface area contributed by atoms with Gasteiger partial charge >= 0.3 is 5.97 Å². The molecule has 6 heteroatoms. The van der Waals surface area contributed by atoms with Crippen molar-refractivity contribution in [3.63, 3.8) is 0 Å². The molecule has 122 valence electrons. The minimum absolute atomic E-state index is 0.0297. The van der Waals surface area contributed by atoms with Crippen LogP contribution in [0.5, 0.6) is 11.5 Å². The number of hydrogen-bond acceptors (Lipinski definition) is 5. The summed E-state index contributed by atoms with van der Waals surface area (Å²) < 4.78 is 16.4. The molecular weight excluding hydrogens is 336 g/mol. The molecule has 0 fully saturated rings. The SMILES string of the molecule is O=C(OCCS)C(COc1ccc(Cl)cc1)Oc1ccccc1. The molecular formula is C17H17ClO4S. The number of rotatable bonds is 8. The summed E-state index contributed by atoms with van der Waals surface area (Å²) >= 11 is 9.85. The van der Waals surface area contributed by atoms with Crippen LogP contribution in [0, 0.1) is 0 Å². The lowest BCUT2D eigenvalue weighted by Gasteiger charge is -2.18. The highest BCUT2D eigenvalue weighted by Gasteiger charge is 2.23. The third-order valence-electron chi connectivity index (χ3n) is 2.84. The van der Waals surface area contributed by atoms with Crippen LogP contribution in [0.15, 0.2) is 54.6 Å². The van der Waals surface area contributed by atoms with Crippen LogP contribution in [-0.4, -0.2) is 31.0 Å². The molecule has 0 radical (unpaired) electrons. The van der Waals surface area contributed by atoms with Gasteiger partial charge in [0.05, 0.1) is 0 Å². The molecule has 0 spiro atoms. The molecule has 2 rings (SSSR count). The Kier molecular flexibility index (Phi) is 7.10. The van der Waals surface area contributed by atoms with Crippen molar-refractivity contribution in [2.45, 2.75) is 6.10 Å². The first kappa shape index (κ1) is 17.5. The number of thiol groups is 1. The van der Waals surface area contributed by atoms with E-state index in [-0.39, 0.29) is 13.2 Å². The Bertz CT molecular complexity index is 604. The van der Waals surface area contributed by atoms with Gasteiger partial charge in [0.2, 0.25) is 6.10 Å². The van der Waals surface area contributed by atoms with Crippen molar-refractivity contribution in [1.29, 1.82) is 0 Å². The van der Waals surface area contributed by atoms with Gasteiger partial charge in [-0.15, -0.1) is 0 Å². The molecule has 0 aliphatic heterocycles. The number of carbonyl (C=O) groups is 1. The molecule has 0 saturated carbocycles. The van der Waals surface area contributed by atoms with E-state index in [4.69, 9.17) is 25.8 Å². The lowest BCUT2D eigenvalue weighted by atomic mass is 10.3. The average Bonchev–Trinajstić information content (AvgIpc) is 2.58. The molecule has 23 heavy (non-hydrogen) atoms. The molecule has 0 aliphatic rings. The van der Waals surface area contributed by atoms with Gasteiger partial charge in [0, 0.05) is 10.8 Å². The highest BCUT2D eigenvalue weighted by Crippen LogP contribution is 2.17. The molecule has 0 heterocycles. The van der Waals surface area contributed by atoms with Gasteiger partial charge in [0.1, 0.15) is 24.7 Å². The Morgan fingerprint density at radius 1 is 1.04 bits per heavy atom. The van der Waals surface area contributed by atoms with E-state index < -0.39 is 12.1 Å². The van der Waals surface area contributed by atoms with Crippen molar-refractivity contribution in [3.8, 4) is 11.5 Å². The molecule has 0 bridgehead atoms. The summed E-state index contributed by atoms with van der Waals surface area (Å²) in [5.41, 5.74) is 0. The van der Waals surface area contributed by atoms with Crippen LogP contribution in [-0.2, 0) is 9.53 Å². The zero-order valence-corrected chi connectivity index (χ0v) is 14.0. The normalized spacial score (nSPS) is 11.6. The highest BCUT2D eigenvalue weighted by atomic mass is 35.5. The lowest BCUT2D eigenvalue weighted by molar-refractivity contribution is -0.152. The molecule has 0 aliphatic carbocycles. The second-order valence-corrected chi connectivity index (χ2v) is 5.46. The Morgan fingerprint density at radius 2 is 1.74 bits per heavy atom. The molecule has 0 N–H and O–H groups in total. The Balaban J connectivity index is 2.00. The fraction of sp³-hybridized carbons (Fsp3) is 0.235. The van der Waals surface area contributed by atoms with Crippen molar-refractivity contribution in [3.05, 3.63) is 59.6 Å². The van der Waals surface area contributed by atoms with Crippen LogP contribution in [0.4, 0.5) is 0 Å². The van der Waals surface area contributed by atoms with Crippen molar-refractivity contribution < 1.29 is 19.0 Å². The van der Waals surface area contributed by atoms with E-state index in [9.17, 15) is 4.79 Å². The van der Waals surface area contributed by atoms with Crippen molar-refractivity contribution in [2.24, 2.45) is 0 Å². The number of para-hydroxylation sites is 1. The Morgan fingerprint density at radius 3 is 2.39 bits per heavy atom. The van der Waals surface area contributed by atoms with Crippen LogP contribution in [0.2, 0.25) is 5.02 Å². The number of esters is 1. The first-order chi connectivity index (χ1) is 11.2. The fourth-order valence-electron chi connectivity index (χ4n) is 1.76. The standard InChI is InChI=1S/C17H17ClO4S/c18-13-6-8-14(9-7-13)21-12-16(17(19)20-10-11-23)22-15-4-2-1-3-5-15/h1-9,16,23H,10-12H2. The molecule has 0 amide bonds. The number of benzene rings is 2. The van der Waals surface area contributed by atoms with Crippen molar-refractivity contribution in [1.82, 2.24) is 0 Å². The summed E-state index contributed by atoms with van der Waals surface area (Å²) in [4.78, 5) is 12.1. The van der Waals surface area contributed by atoms with Gasteiger partial charge in [-0.1, -0.05) is 29.8 Å². The van der Waals surface area contributed by atoms with E-state index in [0.29, 0.717) is 22.3 Å². The number of halogens is 1. The first-order valence-corrected chi connectivity index (χ1v) is 8.07. The van der Waals surface area contributed by atoms with Crippen LogP contribution < -0.4 is 9.47 Å². The van der Waals surface area contributed by atoms with Crippen LogP contribution in [0.25, 0.3) is 0 Å². The molecule has 4 nitrogen and oxygen atoms in total. The predicted octanol–water partition coefficient (Wildman–Crippen LogP) is 3.64. The number of carbonyl (C=O) groups excluding carboxylic acids is 1. The van der Waals surface area contributed by atoms with Gasteiger partial charge in [-0.25, -0.2) is 4.79 Å². The van der Waals surface area contributed by atoms with Crippen LogP contribution >= 0.6 is 24.2 Å². The van der Waals surface area contributed by atoms with Gasteiger partial charge in [-0.3, -0.25) is 0 Å². The summed E-state index contributed by atoms with van der Waals surface area (Å²) in [6, 6.07) is 15.9. The van der Waals surface area contributed by atoms with Gasteiger partial charge in [-0.05, 0) is 36.4 Å². The van der Waals surface area contributed by atoms with E-state index in [0.717, 1.165) is 0 Å². The van der Waals surface area contributed by atoms with Crippen molar-refractivity contribution in [2.75, 3.05) is 19.0 Å². The third-order valence-corrected chi connectivity index (χ3v) is 3.27. The van der Waals surface area contributed by atoms with Crippen molar-refractivity contribution >= 4 is 30.2 Å². The molecule has 0 aromatic heterocycles. The highest BCUT2D eigenvalue weighted by molar-refractivity contribution is 7.80. The predicted molar refractivity (Wildman–Crippen MR) is 92.6 cm³/mol. The third kappa shape index (κ3) is 6.04. The lowest BCUT2D eigenvalue weighted by Crippen LogP contribution is -2.35. The minimum Gasteiger partial charge on any atom is -0.489 e. The summed E-state index contributed by atoms with van der Waals surface area (Å²) in [7, 11) is 0. The zero-order chi connectivity index (χ0) is 16.5.